The normalized spacial score (nSPS) is 12.3. The lowest BCUT2D eigenvalue weighted by Crippen LogP contribution is -2.09. The smallest absolute Gasteiger partial charge is 0.313 e. The van der Waals surface area contributed by atoms with E-state index < -0.39 is 5.97 Å². The molecule has 0 aliphatic rings. The molecule has 0 saturated carbocycles. The van der Waals surface area contributed by atoms with Gasteiger partial charge in [-0.15, -0.1) is 10.2 Å². The Morgan fingerprint density at radius 1 is 1.41 bits per heavy atom. The quantitative estimate of drug-likeness (QED) is 0.779. The van der Waals surface area contributed by atoms with Crippen molar-refractivity contribution < 1.29 is 14.6 Å². The number of carbonyl (C=O) groups is 1. The molecule has 0 amide bonds. The highest BCUT2D eigenvalue weighted by Crippen LogP contribution is 2.27. The first-order chi connectivity index (χ1) is 10.5. The highest BCUT2D eigenvalue weighted by atomic mass is 35.5. The Labute approximate surface area is 137 Å². The van der Waals surface area contributed by atoms with Crippen LogP contribution in [0.15, 0.2) is 29.4 Å². The van der Waals surface area contributed by atoms with E-state index in [-0.39, 0.29) is 11.9 Å². The molecule has 0 saturated heterocycles. The third-order valence-corrected chi connectivity index (χ3v) is 4.01. The molecule has 1 N–H and O–H groups in total. The summed E-state index contributed by atoms with van der Waals surface area (Å²) in [5.41, 5.74) is 0.809. The van der Waals surface area contributed by atoms with Crippen LogP contribution in [0.25, 0.3) is 5.69 Å². The fourth-order valence-corrected chi connectivity index (χ4v) is 2.73. The number of aliphatic carboxylic acids is 1. The van der Waals surface area contributed by atoms with Gasteiger partial charge >= 0.3 is 5.97 Å². The van der Waals surface area contributed by atoms with E-state index in [2.05, 4.69) is 10.2 Å². The van der Waals surface area contributed by atoms with Crippen LogP contribution in [0.1, 0.15) is 25.8 Å². The second-order valence-electron chi connectivity index (χ2n) is 4.43. The fourth-order valence-electron chi connectivity index (χ4n) is 1.92. The average molecular weight is 342 g/mol. The van der Waals surface area contributed by atoms with Crippen LogP contribution >= 0.6 is 23.4 Å². The van der Waals surface area contributed by atoms with Crippen LogP contribution in [-0.4, -0.2) is 38.2 Å². The van der Waals surface area contributed by atoms with Crippen LogP contribution in [0, 0.1) is 0 Å². The minimum Gasteiger partial charge on any atom is -0.481 e. The first-order valence-corrected chi connectivity index (χ1v) is 8.06. The molecule has 6 nitrogen and oxygen atoms in total. The highest BCUT2D eigenvalue weighted by Gasteiger charge is 2.20. The Kier molecular flexibility index (Phi) is 5.82. The minimum absolute atomic E-state index is 0.0886. The van der Waals surface area contributed by atoms with E-state index in [4.69, 9.17) is 21.4 Å². The molecule has 118 valence electrons. The first-order valence-electron chi connectivity index (χ1n) is 6.70. The second kappa shape index (κ2) is 7.62. The molecule has 2 aromatic rings. The predicted molar refractivity (Wildman–Crippen MR) is 84.8 cm³/mol. The number of hydrogen-bond acceptors (Lipinski definition) is 5. The van der Waals surface area contributed by atoms with Crippen molar-refractivity contribution in [3.05, 3.63) is 35.1 Å². The molecule has 1 aromatic heterocycles. The summed E-state index contributed by atoms with van der Waals surface area (Å²) in [5.74, 6) is -0.374. The zero-order chi connectivity index (χ0) is 16.1. The molecule has 22 heavy (non-hydrogen) atoms. The maximum atomic E-state index is 10.8. The first kappa shape index (κ1) is 16.8. The maximum absolute atomic E-state index is 10.8. The van der Waals surface area contributed by atoms with Crippen molar-refractivity contribution in [3.63, 3.8) is 0 Å². The van der Waals surface area contributed by atoms with Crippen molar-refractivity contribution in [1.82, 2.24) is 14.8 Å². The molecular formula is C14H16ClN3O3S. The van der Waals surface area contributed by atoms with Gasteiger partial charge in [0, 0.05) is 17.3 Å². The summed E-state index contributed by atoms with van der Waals surface area (Å²) >= 11 is 7.03. The van der Waals surface area contributed by atoms with E-state index in [1.807, 2.05) is 26.0 Å². The number of thioether (sulfide) groups is 1. The number of nitrogens with zero attached hydrogens (tertiary/aromatic N) is 3. The van der Waals surface area contributed by atoms with Gasteiger partial charge in [0.05, 0.1) is 5.75 Å². The van der Waals surface area contributed by atoms with Gasteiger partial charge in [-0.3, -0.25) is 9.36 Å². The summed E-state index contributed by atoms with van der Waals surface area (Å²) in [6.45, 7) is 4.33. The van der Waals surface area contributed by atoms with E-state index in [0.29, 0.717) is 22.6 Å². The second-order valence-corrected chi connectivity index (χ2v) is 5.81. The molecule has 0 radical (unpaired) electrons. The van der Waals surface area contributed by atoms with E-state index in [1.54, 1.807) is 16.7 Å². The van der Waals surface area contributed by atoms with Gasteiger partial charge in [-0.05, 0) is 38.1 Å². The lowest BCUT2D eigenvalue weighted by Gasteiger charge is -2.14. The van der Waals surface area contributed by atoms with Crippen LogP contribution in [0.2, 0.25) is 5.02 Å². The number of halogens is 1. The van der Waals surface area contributed by atoms with Crippen molar-refractivity contribution in [2.24, 2.45) is 0 Å². The average Bonchev–Trinajstić information content (AvgIpc) is 2.90. The molecule has 2 rings (SSSR count). The summed E-state index contributed by atoms with van der Waals surface area (Å²) in [5, 5.41) is 18.2. The number of carboxylic acids is 1. The van der Waals surface area contributed by atoms with Crippen molar-refractivity contribution in [2.75, 3.05) is 12.4 Å². The lowest BCUT2D eigenvalue weighted by molar-refractivity contribution is -0.133. The third-order valence-electron chi connectivity index (χ3n) is 2.85. The molecule has 0 aliphatic heterocycles. The van der Waals surface area contributed by atoms with E-state index in [0.717, 1.165) is 17.4 Å². The Morgan fingerprint density at radius 2 is 2.09 bits per heavy atom. The lowest BCUT2D eigenvalue weighted by atomic mass is 10.3. The topological polar surface area (TPSA) is 77.2 Å². The molecule has 1 atom stereocenters. The molecule has 1 aromatic carbocycles. The summed E-state index contributed by atoms with van der Waals surface area (Å²) in [7, 11) is 0. The van der Waals surface area contributed by atoms with E-state index >= 15 is 0 Å². The van der Waals surface area contributed by atoms with E-state index in [9.17, 15) is 4.79 Å². The zero-order valence-corrected chi connectivity index (χ0v) is 13.8. The molecule has 1 heterocycles. The summed E-state index contributed by atoms with van der Waals surface area (Å²) < 4.78 is 7.37. The van der Waals surface area contributed by atoms with Crippen LogP contribution in [0.4, 0.5) is 0 Å². The molecule has 1 unspecified atom stereocenters. The third kappa shape index (κ3) is 4.00. The van der Waals surface area contributed by atoms with Crippen LogP contribution in [0.5, 0.6) is 0 Å². The van der Waals surface area contributed by atoms with Gasteiger partial charge in [-0.2, -0.15) is 0 Å². The van der Waals surface area contributed by atoms with Gasteiger partial charge in [-0.25, -0.2) is 0 Å². The molecule has 0 spiro atoms. The molecular weight excluding hydrogens is 326 g/mol. The minimum atomic E-state index is -0.907. The molecule has 0 fully saturated rings. The summed E-state index contributed by atoms with van der Waals surface area (Å²) in [6, 6.07) is 7.19. The SMILES string of the molecule is CCOC(C)c1nnc(SCC(=O)O)n1-c1ccc(Cl)cc1. The van der Waals surface area contributed by atoms with Gasteiger partial charge in [0.25, 0.3) is 0 Å². The Morgan fingerprint density at radius 3 is 2.68 bits per heavy atom. The summed E-state index contributed by atoms with van der Waals surface area (Å²) in [6.07, 6.45) is -0.257. The van der Waals surface area contributed by atoms with Crippen molar-refractivity contribution in [2.45, 2.75) is 25.1 Å². The van der Waals surface area contributed by atoms with Gasteiger partial charge < -0.3 is 9.84 Å². The standard InChI is InChI=1S/C14H16ClN3O3S/c1-3-21-9(2)13-16-17-14(22-8-12(19)20)18(13)11-6-4-10(15)5-7-11/h4-7,9H,3,8H2,1-2H3,(H,19,20). The number of ether oxygens (including phenoxy) is 1. The fraction of sp³-hybridized carbons (Fsp3) is 0.357. The highest BCUT2D eigenvalue weighted by molar-refractivity contribution is 7.99. The summed E-state index contributed by atoms with van der Waals surface area (Å²) in [4.78, 5) is 10.8. The van der Waals surface area contributed by atoms with Crippen LogP contribution < -0.4 is 0 Å². The van der Waals surface area contributed by atoms with Crippen molar-refractivity contribution in [1.29, 1.82) is 0 Å². The molecule has 8 heteroatoms. The van der Waals surface area contributed by atoms with Crippen LogP contribution in [-0.2, 0) is 9.53 Å². The molecule has 0 aliphatic carbocycles. The molecule has 0 bridgehead atoms. The van der Waals surface area contributed by atoms with Crippen molar-refractivity contribution >= 4 is 29.3 Å². The number of carboxylic acid groups (broad SMARTS) is 1. The Bertz CT molecular complexity index is 645. The monoisotopic (exact) mass is 341 g/mol. The maximum Gasteiger partial charge on any atom is 0.313 e. The zero-order valence-electron chi connectivity index (χ0n) is 12.2. The Hall–Kier alpha value is -1.57. The number of rotatable bonds is 7. The van der Waals surface area contributed by atoms with Crippen molar-refractivity contribution in [3.8, 4) is 5.69 Å². The van der Waals surface area contributed by atoms with Gasteiger partial charge in [0.15, 0.2) is 11.0 Å². The number of hydrogen-bond donors (Lipinski definition) is 1. The van der Waals surface area contributed by atoms with Gasteiger partial charge in [0.2, 0.25) is 0 Å². The largest absolute Gasteiger partial charge is 0.481 e. The number of aromatic nitrogens is 3. The van der Waals surface area contributed by atoms with Crippen LogP contribution in [0.3, 0.4) is 0 Å². The van der Waals surface area contributed by atoms with E-state index in [1.165, 1.54) is 0 Å². The van der Waals surface area contributed by atoms with Gasteiger partial charge in [0.1, 0.15) is 6.10 Å². The number of benzene rings is 1. The van der Waals surface area contributed by atoms with Gasteiger partial charge in [-0.1, -0.05) is 23.4 Å². The predicted octanol–water partition coefficient (Wildman–Crippen LogP) is 3.19. The Balaban J connectivity index is 2.42.